The highest BCUT2D eigenvalue weighted by molar-refractivity contribution is 9.10. The van der Waals surface area contributed by atoms with Crippen molar-refractivity contribution < 1.29 is 14.5 Å². The second-order valence-corrected chi connectivity index (χ2v) is 10.5. The molecule has 1 amide bonds. The van der Waals surface area contributed by atoms with Crippen molar-refractivity contribution in [1.29, 1.82) is 0 Å². The van der Waals surface area contributed by atoms with Crippen molar-refractivity contribution in [3.05, 3.63) is 116 Å². The number of carbonyl (C=O) groups excluding carboxylic acids is 1. The van der Waals surface area contributed by atoms with E-state index in [-0.39, 0.29) is 16.9 Å². The average Bonchev–Trinajstić information content (AvgIpc) is 3.36. The zero-order valence-corrected chi connectivity index (χ0v) is 21.6. The number of nitrogens with one attached hydrogen (secondary N) is 2. The van der Waals surface area contributed by atoms with Gasteiger partial charge in [-0.2, -0.15) is 0 Å². The standard InChI is InChI=1S/C29H24BrN3O4/c1-17-26(27(33(35)36)29(32-17)22-11-4-5-12-24(22)31-28(29)34)19-13-14-25(23(30)15-19)37-16-20-9-6-8-18-7-2-3-10-21(18)20/h2-15,17,26-27,32H,16H2,1H3,(H,31,34)/t17-,26-,27-,29-/m0/s1. The number of anilines is 1. The molecule has 186 valence electrons. The third kappa shape index (κ3) is 3.70. The van der Waals surface area contributed by atoms with Crippen molar-refractivity contribution in [2.45, 2.75) is 37.1 Å². The number of para-hydroxylation sites is 1. The zero-order valence-electron chi connectivity index (χ0n) is 20.0. The molecule has 1 fully saturated rings. The molecule has 0 radical (unpaired) electrons. The number of amides is 1. The first-order valence-electron chi connectivity index (χ1n) is 12.1. The van der Waals surface area contributed by atoms with Gasteiger partial charge in [0.15, 0.2) is 5.54 Å². The predicted octanol–water partition coefficient (Wildman–Crippen LogP) is 5.75. The van der Waals surface area contributed by atoms with Crippen LogP contribution >= 0.6 is 15.9 Å². The Morgan fingerprint density at radius 1 is 1.03 bits per heavy atom. The maximum absolute atomic E-state index is 13.2. The van der Waals surface area contributed by atoms with Gasteiger partial charge in [0.2, 0.25) is 0 Å². The number of nitrogens with zero attached hydrogens (tertiary/aromatic N) is 1. The Labute approximate surface area is 222 Å². The van der Waals surface area contributed by atoms with Gasteiger partial charge in [0, 0.05) is 22.2 Å². The highest BCUT2D eigenvalue weighted by atomic mass is 79.9. The molecular weight excluding hydrogens is 534 g/mol. The minimum atomic E-state index is -1.43. The summed E-state index contributed by atoms with van der Waals surface area (Å²) in [6.45, 7) is 2.28. The van der Waals surface area contributed by atoms with E-state index in [4.69, 9.17) is 4.74 Å². The van der Waals surface area contributed by atoms with Crippen molar-refractivity contribution in [3.8, 4) is 5.75 Å². The quantitative estimate of drug-likeness (QED) is 0.241. The molecule has 37 heavy (non-hydrogen) atoms. The van der Waals surface area contributed by atoms with E-state index in [0.29, 0.717) is 28.1 Å². The van der Waals surface area contributed by atoms with Gasteiger partial charge >= 0.3 is 0 Å². The van der Waals surface area contributed by atoms with Gasteiger partial charge in [-0.25, -0.2) is 0 Å². The van der Waals surface area contributed by atoms with E-state index in [9.17, 15) is 14.9 Å². The number of fused-ring (bicyclic) bond motifs is 3. The van der Waals surface area contributed by atoms with Crippen LogP contribution in [-0.2, 0) is 16.9 Å². The Hall–Kier alpha value is -3.75. The van der Waals surface area contributed by atoms with Crippen LogP contribution in [0.25, 0.3) is 10.8 Å². The molecule has 6 rings (SSSR count). The summed E-state index contributed by atoms with van der Waals surface area (Å²) in [5.74, 6) is -0.277. The summed E-state index contributed by atoms with van der Waals surface area (Å²) >= 11 is 3.61. The van der Waals surface area contributed by atoms with Gasteiger partial charge in [-0.1, -0.05) is 66.7 Å². The van der Waals surface area contributed by atoms with Crippen molar-refractivity contribution in [1.82, 2.24) is 5.32 Å². The molecule has 0 aliphatic carbocycles. The Balaban J connectivity index is 1.31. The van der Waals surface area contributed by atoms with Gasteiger partial charge < -0.3 is 10.1 Å². The fraction of sp³-hybridized carbons (Fsp3) is 0.207. The number of carbonyl (C=O) groups is 1. The molecule has 4 aromatic carbocycles. The largest absolute Gasteiger partial charge is 0.488 e. The SMILES string of the molecule is C[C@@H]1N[C@]2(C(=O)Nc3ccccc32)[C@@H]([N+](=O)[O-])[C@@H]1c1ccc(OCc2cccc3ccccc23)c(Br)c1. The number of benzene rings is 4. The van der Waals surface area contributed by atoms with Crippen molar-refractivity contribution in [2.75, 3.05) is 5.32 Å². The minimum absolute atomic E-state index is 0.318. The summed E-state index contributed by atoms with van der Waals surface area (Å²) in [6.07, 6.45) is 0. The van der Waals surface area contributed by atoms with Gasteiger partial charge in [-0.05, 0) is 63.0 Å². The first-order chi connectivity index (χ1) is 17.9. The molecule has 0 unspecified atom stereocenters. The summed E-state index contributed by atoms with van der Waals surface area (Å²) in [4.78, 5) is 25.4. The molecule has 1 saturated heterocycles. The lowest BCUT2D eigenvalue weighted by molar-refractivity contribution is -0.532. The van der Waals surface area contributed by atoms with Gasteiger partial charge in [-0.15, -0.1) is 0 Å². The van der Waals surface area contributed by atoms with Crippen LogP contribution in [0.1, 0.15) is 29.5 Å². The zero-order chi connectivity index (χ0) is 25.7. The number of hydrogen-bond donors (Lipinski definition) is 2. The Morgan fingerprint density at radius 2 is 1.78 bits per heavy atom. The monoisotopic (exact) mass is 557 g/mol. The van der Waals surface area contributed by atoms with E-state index < -0.39 is 17.5 Å². The predicted molar refractivity (Wildman–Crippen MR) is 145 cm³/mol. The molecule has 2 heterocycles. The fourth-order valence-electron chi connectivity index (χ4n) is 5.97. The molecule has 7 nitrogen and oxygen atoms in total. The topological polar surface area (TPSA) is 93.5 Å². The molecule has 0 aromatic heterocycles. The van der Waals surface area contributed by atoms with E-state index >= 15 is 0 Å². The van der Waals surface area contributed by atoms with Crippen LogP contribution in [0.15, 0.2) is 89.4 Å². The van der Waals surface area contributed by atoms with Crippen molar-refractivity contribution in [2.24, 2.45) is 0 Å². The van der Waals surface area contributed by atoms with Crippen LogP contribution in [0.5, 0.6) is 5.75 Å². The molecule has 4 aromatic rings. The minimum Gasteiger partial charge on any atom is -0.488 e. The van der Waals surface area contributed by atoms with Gasteiger partial charge in [0.05, 0.1) is 10.4 Å². The lowest BCUT2D eigenvalue weighted by Gasteiger charge is -2.25. The number of nitro groups is 1. The number of ether oxygens (including phenoxy) is 1. The normalized spacial score (nSPS) is 24.3. The first-order valence-corrected chi connectivity index (χ1v) is 12.9. The first kappa shape index (κ1) is 23.6. The Kier molecular flexibility index (Phi) is 5.73. The second-order valence-electron chi connectivity index (χ2n) is 9.61. The lowest BCUT2D eigenvalue weighted by atomic mass is 9.78. The van der Waals surface area contributed by atoms with Crippen molar-refractivity contribution >= 4 is 38.3 Å². The second kappa shape index (κ2) is 8.97. The third-order valence-corrected chi connectivity index (χ3v) is 8.19. The number of hydrogen-bond acceptors (Lipinski definition) is 5. The molecule has 2 aliphatic heterocycles. The Morgan fingerprint density at radius 3 is 2.59 bits per heavy atom. The smallest absolute Gasteiger partial charge is 0.256 e. The summed E-state index contributed by atoms with van der Waals surface area (Å²) in [7, 11) is 0. The average molecular weight is 558 g/mol. The molecule has 0 bridgehead atoms. The maximum Gasteiger partial charge on any atom is 0.256 e. The molecule has 2 aliphatic rings. The van der Waals surface area contributed by atoms with E-state index in [1.54, 1.807) is 18.2 Å². The van der Waals surface area contributed by atoms with E-state index in [0.717, 1.165) is 21.9 Å². The maximum atomic E-state index is 13.2. The van der Waals surface area contributed by atoms with Gasteiger partial charge in [0.25, 0.3) is 11.9 Å². The lowest BCUT2D eigenvalue weighted by Crippen LogP contribution is -2.54. The van der Waals surface area contributed by atoms with E-state index in [2.05, 4.69) is 44.8 Å². The fourth-order valence-corrected chi connectivity index (χ4v) is 6.48. The van der Waals surface area contributed by atoms with Gasteiger partial charge in [0.1, 0.15) is 12.4 Å². The molecule has 0 saturated carbocycles. The highest BCUT2D eigenvalue weighted by Gasteiger charge is 2.67. The Bertz CT molecular complexity index is 1550. The molecule has 2 N–H and O–H groups in total. The molecule has 8 heteroatoms. The van der Waals surface area contributed by atoms with Crippen LogP contribution in [0.4, 0.5) is 5.69 Å². The summed E-state index contributed by atoms with van der Waals surface area (Å²) in [6, 6.07) is 25.5. The van der Waals surface area contributed by atoms with Crippen LogP contribution in [-0.4, -0.2) is 22.9 Å². The van der Waals surface area contributed by atoms with Crippen LogP contribution in [0, 0.1) is 10.1 Å². The summed E-state index contributed by atoms with van der Waals surface area (Å²) in [5.41, 5.74) is 1.63. The van der Waals surface area contributed by atoms with E-state index in [1.165, 1.54) is 0 Å². The van der Waals surface area contributed by atoms with E-state index in [1.807, 2.05) is 55.5 Å². The molecular formula is C29H24BrN3O4. The highest BCUT2D eigenvalue weighted by Crippen LogP contribution is 2.50. The van der Waals surface area contributed by atoms with Crippen LogP contribution in [0.2, 0.25) is 0 Å². The number of halogens is 1. The van der Waals surface area contributed by atoms with Crippen molar-refractivity contribution in [3.63, 3.8) is 0 Å². The third-order valence-electron chi connectivity index (χ3n) is 7.57. The van der Waals surface area contributed by atoms with Crippen LogP contribution < -0.4 is 15.4 Å². The number of rotatable bonds is 5. The summed E-state index contributed by atoms with van der Waals surface area (Å²) < 4.78 is 6.85. The summed E-state index contributed by atoms with van der Waals surface area (Å²) in [5, 5.41) is 21.0. The molecule has 1 spiro atoms. The molecule has 4 atom stereocenters. The van der Waals surface area contributed by atoms with Gasteiger partial charge in [-0.3, -0.25) is 20.2 Å². The van der Waals surface area contributed by atoms with Crippen LogP contribution in [0.3, 0.4) is 0 Å².